The molecule has 2 aromatic rings. The molecule has 0 unspecified atom stereocenters. The molecule has 108 valence electrons. The lowest BCUT2D eigenvalue weighted by atomic mass is 10.1. The molecule has 0 radical (unpaired) electrons. The second-order valence-corrected chi connectivity index (χ2v) is 6.07. The van der Waals surface area contributed by atoms with Crippen molar-refractivity contribution in [2.45, 2.75) is 26.7 Å². The van der Waals surface area contributed by atoms with Crippen LogP contribution >= 0.6 is 11.3 Å². The number of rotatable bonds is 7. The van der Waals surface area contributed by atoms with Crippen LogP contribution in [0.4, 0.5) is 0 Å². The predicted octanol–water partition coefficient (Wildman–Crippen LogP) is 2.81. The molecule has 0 saturated carbocycles. The SMILES string of the molecule is CCc1ccc(-c2nc(CCNCCO)sc2C)cc1. The van der Waals surface area contributed by atoms with Crippen LogP contribution in [0.25, 0.3) is 11.3 Å². The van der Waals surface area contributed by atoms with Crippen LogP contribution in [0.5, 0.6) is 0 Å². The monoisotopic (exact) mass is 290 g/mol. The third-order valence-electron chi connectivity index (χ3n) is 3.28. The molecule has 1 aromatic carbocycles. The molecule has 20 heavy (non-hydrogen) atoms. The van der Waals surface area contributed by atoms with Crippen LogP contribution in [0.15, 0.2) is 24.3 Å². The van der Waals surface area contributed by atoms with Gasteiger partial charge in [0.25, 0.3) is 0 Å². The van der Waals surface area contributed by atoms with Gasteiger partial charge in [-0.2, -0.15) is 0 Å². The summed E-state index contributed by atoms with van der Waals surface area (Å²) in [6.45, 7) is 6.00. The van der Waals surface area contributed by atoms with Gasteiger partial charge in [0.1, 0.15) is 0 Å². The first-order chi connectivity index (χ1) is 9.74. The van der Waals surface area contributed by atoms with Gasteiger partial charge >= 0.3 is 0 Å². The molecule has 0 aliphatic heterocycles. The van der Waals surface area contributed by atoms with Crippen molar-refractivity contribution in [3.8, 4) is 11.3 Å². The number of aryl methyl sites for hydroxylation is 2. The number of thiazole rings is 1. The highest BCUT2D eigenvalue weighted by atomic mass is 32.1. The number of aliphatic hydroxyl groups is 1. The molecule has 0 bridgehead atoms. The Hall–Kier alpha value is -1.23. The second kappa shape index (κ2) is 7.53. The Labute approximate surface area is 124 Å². The standard InChI is InChI=1S/C16H22N2OS/c1-3-13-4-6-14(7-5-13)16-12(2)20-15(18-16)8-9-17-10-11-19/h4-7,17,19H,3,8-11H2,1-2H3. The average Bonchev–Trinajstić information content (AvgIpc) is 2.85. The van der Waals surface area contributed by atoms with Gasteiger partial charge in [-0.25, -0.2) is 4.98 Å². The number of aromatic nitrogens is 1. The molecule has 1 heterocycles. The third kappa shape index (κ3) is 3.88. The van der Waals surface area contributed by atoms with Crippen LogP contribution in [0.3, 0.4) is 0 Å². The summed E-state index contributed by atoms with van der Waals surface area (Å²) in [6, 6.07) is 8.68. The molecule has 0 amide bonds. The van der Waals surface area contributed by atoms with E-state index in [2.05, 4.69) is 43.4 Å². The zero-order valence-electron chi connectivity index (χ0n) is 12.1. The Morgan fingerprint density at radius 1 is 1.20 bits per heavy atom. The van der Waals surface area contributed by atoms with Gasteiger partial charge in [0, 0.05) is 30.0 Å². The van der Waals surface area contributed by atoms with E-state index in [1.54, 1.807) is 11.3 Å². The summed E-state index contributed by atoms with van der Waals surface area (Å²) in [7, 11) is 0. The van der Waals surface area contributed by atoms with Crippen molar-refractivity contribution in [2.24, 2.45) is 0 Å². The Bertz CT molecular complexity index is 534. The Morgan fingerprint density at radius 3 is 2.60 bits per heavy atom. The van der Waals surface area contributed by atoms with E-state index in [0.29, 0.717) is 6.54 Å². The van der Waals surface area contributed by atoms with Gasteiger partial charge < -0.3 is 10.4 Å². The predicted molar refractivity (Wildman–Crippen MR) is 85.3 cm³/mol. The van der Waals surface area contributed by atoms with Crippen molar-refractivity contribution >= 4 is 11.3 Å². The smallest absolute Gasteiger partial charge is 0.0948 e. The zero-order chi connectivity index (χ0) is 14.4. The second-order valence-electron chi connectivity index (χ2n) is 4.79. The first kappa shape index (κ1) is 15.2. The molecule has 0 spiro atoms. The lowest BCUT2D eigenvalue weighted by Crippen LogP contribution is -2.20. The van der Waals surface area contributed by atoms with Crippen molar-refractivity contribution in [2.75, 3.05) is 19.7 Å². The summed E-state index contributed by atoms with van der Waals surface area (Å²) in [4.78, 5) is 6.02. The number of nitrogens with zero attached hydrogens (tertiary/aromatic N) is 1. The normalized spacial score (nSPS) is 10.9. The molecule has 0 saturated heterocycles. The fourth-order valence-corrected chi connectivity index (χ4v) is 3.08. The minimum atomic E-state index is 0.186. The van der Waals surface area contributed by atoms with Crippen molar-refractivity contribution in [3.05, 3.63) is 39.7 Å². The zero-order valence-corrected chi connectivity index (χ0v) is 13.0. The molecule has 0 atom stereocenters. The maximum atomic E-state index is 8.73. The van der Waals surface area contributed by atoms with E-state index >= 15 is 0 Å². The highest BCUT2D eigenvalue weighted by Gasteiger charge is 2.09. The highest BCUT2D eigenvalue weighted by Crippen LogP contribution is 2.27. The van der Waals surface area contributed by atoms with E-state index in [0.717, 1.165) is 30.1 Å². The molecule has 0 fully saturated rings. The fraction of sp³-hybridized carbons (Fsp3) is 0.438. The van der Waals surface area contributed by atoms with Gasteiger partial charge in [0.15, 0.2) is 0 Å². The minimum absolute atomic E-state index is 0.186. The first-order valence-corrected chi connectivity index (χ1v) is 7.93. The van der Waals surface area contributed by atoms with Crippen molar-refractivity contribution in [1.82, 2.24) is 10.3 Å². The molecule has 0 aliphatic rings. The van der Waals surface area contributed by atoms with Gasteiger partial charge in [-0.1, -0.05) is 31.2 Å². The average molecular weight is 290 g/mol. The quantitative estimate of drug-likeness (QED) is 0.771. The number of hydrogen-bond donors (Lipinski definition) is 2. The Morgan fingerprint density at radius 2 is 1.95 bits per heavy atom. The maximum Gasteiger partial charge on any atom is 0.0948 e. The van der Waals surface area contributed by atoms with E-state index in [4.69, 9.17) is 10.1 Å². The maximum absolute atomic E-state index is 8.73. The minimum Gasteiger partial charge on any atom is -0.395 e. The van der Waals surface area contributed by atoms with E-state index in [-0.39, 0.29) is 6.61 Å². The van der Waals surface area contributed by atoms with Crippen LogP contribution in [-0.2, 0) is 12.8 Å². The molecule has 4 heteroatoms. The van der Waals surface area contributed by atoms with Crippen molar-refractivity contribution in [1.29, 1.82) is 0 Å². The van der Waals surface area contributed by atoms with Gasteiger partial charge in [0.05, 0.1) is 17.3 Å². The van der Waals surface area contributed by atoms with Gasteiger partial charge in [-0.05, 0) is 18.9 Å². The number of benzene rings is 1. The van der Waals surface area contributed by atoms with Gasteiger partial charge in [-0.3, -0.25) is 0 Å². The van der Waals surface area contributed by atoms with Crippen LogP contribution in [-0.4, -0.2) is 29.8 Å². The van der Waals surface area contributed by atoms with E-state index < -0.39 is 0 Å². The van der Waals surface area contributed by atoms with Crippen LogP contribution in [0.1, 0.15) is 22.4 Å². The molecule has 1 aromatic heterocycles. The first-order valence-electron chi connectivity index (χ1n) is 7.11. The summed E-state index contributed by atoms with van der Waals surface area (Å²) in [6.07, 6.45) is 1.98. The fourth-order valence-electron chi connectivity index (χ4n) is 2.12. The summed E-state index contributed by atoms with van der Waals surface area (Å²) in [5.74, 6) is 0. The molecular formula is C16H22N2OS. The van der Waals surface area contributed by atoms with Gasteiger partial charge in [0.2, 0.25) is 0 Å². The van der Waals surface area contributed by atoms with E-state index in [9.17, 15) is 0 Å². The number of hydrogen-bond acceptors (Lipinski definition) is 4. The largest absolute Gasteiger partial charge is 0.395 e. The summed E-state index contributed by atoms with van der Waals surface area (Å²) in [5.41, 5.74) is 3.66. The molecular weight excluding hydrogens is 268 g/mol. The van der Waals surface area contributed by atoms with Crippen molar-refractivity contribution in [3.63, 3.8) is 0 Å². The number of nitrogens with one attached hydrogen (secondary N) is 1. The highest BCUT2D eigenvalue weighted by molar-refractivity contribution is 7.12. The van der Waals surface area contributed by atoms with Crippen LogP contribution in [0.2, 0.25) is 0 Å². The van der Waals surface area contributed by atoms with Crippen LogP contribution < -0.4 is 5.32 Å². The number of aliphatic hydroxyl groups excluding tert-OH is 1. The Kier molecular flexibility index (Phi) is 5.71. The molecule has 2 rings (SSSR count). The molecule has 3 nitrogen and oxygen atoms in total. The van der Waals surface area contributed by atoms with E-state index in [1.165, 1.54) is 16.0 Å². The van der Waals surface area contributed by atoms with Crippen LogP contribution in [0, 0.1) is 6.92 Å². The Balaban J connectivity index is 2.06. The lowest BCUT2D eigenvalue weighted by molar-refractivity contribution is 0.293. The summed E-state index contributed by atoms with van der Waals surface area (Å²) < 4.78 is 0. The third-order valence-corrected chi connectivity index (χ3v) is 4.31. The summed E-state index contributed by atoms with van der Waals surface area (Å²) >= 11 is 1.76. The lowest BCUT2D eigenvalue weighted by Gasteiger charge is -2.01. The summed E-state index contributed by atoms with van der Waals surface area (Å²) in [5, 5.41) is 13.1. The molecule has 2 N–H and O–H groups in total. The van der Waals surface area contributed by atoms with Gasteiger partial charge in [-0.15, -0.1) is 11.3 Å². The van der Waals surface area contributed by atoms with Crippen molar-refractivity contribution < 1.29 is 5.11 Å². The van der Waals surface area contributed by atoms with E-state index in [1.807, 2.05) is 0 Å². The molecule has 0 aliphatic carbocycles. The topological polar surface area (TPSA) is 45.2 Å².